The molecule has 2 N–H and O–H groups in total. The number of azo groups is 1. The molecule has 0 aliphatic rings. The average Bonchev–Trinajstić information content (AvgIpc) is 2.66. The molecule has 134 valence electrons. The molecule has 0 aliphatic carbocycles. The molecular weight excluding hydrogens is 366 g/mol. The first kappa shape index (κ1) is 17.1. The molecule has 7 nitrogen and oxygen atoms in total. The number of hydrogen-bond donors (Lipinski definition) is 2. The monoisotopic (exact) mass is 379 g/mol. The Morgan fingerprint density at radius 3 is 2.52 bits per heavy atom. The molecule has 0 aliphatic heterocycles. The number of phenolic OH excluding ortho intramolecular Hbond substituents is 1. The van der Waals surface area contributed by atoms with E-state index in [1.165, 1.54) is 30.3 Å². The van der Waals surface area contributed by atoms with E-state index in [-0.39, 0.29) is 16.3 Å². The van der Waals surface area contributed by atoms with E-state index in [9.17, 15) is 18.1 Å². The molecule has 1 heterocycles. The van der Waals surface area contributed by atoms with E-state index in [2.05, 4.69) is 15.2 Å². The quantitative estimate of drug-likeness (QED) is 0.394. The lowest BCUT2D eigenvalue weighted by Gasteiger charge is -2.06. The van der Waals surface area contributed by atoms with Gasteiger partial charge in [0.2, 0.25) is 0 Å². The summed E-state index contributed by atoms with van der Waals surface area (Å²) in [6.07, 6.45) is 1.66. The second-order valence-electron chi connectivity index (χ2n) is 5.84. The van der Waals surface area contributed by atoms with Crippen LogP contribution in [-0.4, -0.2) is 23.1 Å². The molecule has 4 rings (SSSR count). The number of nitrogens with zero attached hydrogens (tertiary/aromatic N) is 3. The van der Waals surface area contributed by atoms with E-state index < -0.39 is 10.1 Å². The minimum absolute atomic E-state index is 0.0981. The van der Waals surface area contributed by atoms with Gasteiger partial charge >= 0.3 is 0 Å². The van der Waals surface area contributed by atoms with Crippen molar-refractivity contribution >= 4 is 43.2 Å². The number of benzene rings is 3. The number of phenols is 1. The Bertz CT molecular complexity index is 1310. The first-order valence-corrected chi connectivity index (χ1v) is 9.36. The SMILES string of the molecule is O=S(=O)(O)c1ccc2c(N=Nc3cccc4cccnc34)c(O)ccc2c1. The summed E-state index contributed by atoms with van der Waals surface area (Å²) in [5, 5.41) is 20.5. The average molecular weight is 379 g/mol. The Kier molecular flexibility index (Phi) is 4.06. The fourth-order valence-corrected chi connectivity index (χ4v) is 3.33. The summed E-state index contributed by atoms with van der Waals surface area (Å²) < 4.78 is 31.8. The van der Waals surface area contributed by atoms with Crippen molar-refractivity contribution in [3.63, 3.8) is 0 Å². The van der Waals surface area contributed by atoms with Crippen LogP contribution < -0.4 is 0 Å². The van der Waals surface area contributed by atoms with E-state index in [4.69, 9.17) is 0 Å². The number of para-hydroxylation sites is 1. The maximum Gasteiger partial charge on any atom is 0.294 e. The predicted molar refractivity (Wildman–Crippen MR) is 101 cm³/mol. The van der Waals surface area contributed by atoms with Gasteiger partial charge in [-0.2, -0.15) is 8.42 Å². The molecule has 0 unspecified atom stereocenters. The van der Waals surface area contributed by atoms with E-state index in [1.807, 2.05) is 24.3 Å². The van der Waals surface area contributed by atoms with Crippen molar-refractivity contribution in [2.75, 3.05) is 0 Å². The van der Waals surface area contributed by atoms with Crippen molar-refractivity contribution in [1.29, 1.82) is 0 Å². The molecule has 27 heavy (non-hydrogen) atoms. The van der Waals surface area contributed by atoms with Crippen molar-refractivity contribution in [1.82, 2.24) is 4.98 Å². The fourth-order valence-electron chi connectivity index (χ4n) is 2.82. The van der Waals surface area contributed by atoms with Crippen molar-refractivity contribution in [3.05, 3.63) is 66.9 Å². The van der Waals surface area contributed by atoms with E-state index in [0.29, 0.717) is 22.0 Å². The van der Waals surface area contributed by atoms with E-state index in [0.717, 1.165) is 5.39 Å². The predicted octanol–water partition coefficient (Wildman–Crippen LogP) is 4.76. The molecule has 0 saturated carbocycles. The van der Waals surface area contributed by atoms with Crippen LogP contribution in [0, 0.1) is 0 Å². The number of aromatic nitrogens is 1. The Hall–Kier alpha value is -3.36. The number of aromatic hydroxyl groups is 1. The van der Waals surface area contributed by atoms with Gasteiger partial charge in [0.05, 0.1) is 10.4 Å². The summed E-state index contributed by atoms with van der Waals surface area (Å²) in [5.41, 5.74) is 1.42. The van der Waals surface area contributed by atoms with Gasteiger partial charge in [-0.3, -0.25) is 9.54 Å². The number of pyridine rings is 1. The van der Waals surface area contributed by atoms with Gasteiger partial charge in [-0.05, 0) is 35.7 Å². The van der Waals surface area contributed by atoms with Gasteiger partial charge < -0.3 is 5.11 Å². The zero-order valence-electron chi connectivity index (χ0n) is 13.8. The Morgan fingerprint density at radius 1 is 0.889 bits per heavy atom. The first-order chi connectivity index (χ1) is 12.9. The van der Waals surface area contributed by atoms with Crippen LogP contribution in [0.4, 0.5) is 11.4 Å². The number of rotatable bonds is 3. The van der Waals surface area contributed by atoms with Crippen LogP contribution in [0.15, 0.2) is 82.0 Å². The minimum Gasteiger partial charge on any atom is -0.506 e. The highest BCUT2D eigenvalue weighted by Gasteiger charge is 2.13. The van der Waals surface area contributed by atoms with Gasteiger partial charge in [0.1, 0.15) is 17.1 Å². The summed E-state index contributed by atoms with van der Waals surface area (Å²) in [7, 11) is -4.32. The number of fused-ring (bicyclic) bond motifs is 2. The fraction of sp³-hybridized carbons (Fsp3) is 0. The van der Waals surface area contributed by atoms with Crippen molar-refractivity contribution in [2.24, 2.45) is 10.2 Å². The highest BCUT2D eigenvalue weighted by molar-refractivity contribution is 7.85. The first-order valence-electron chi connectivity index (χ1n) is 7.92. The highest BCUT2D eigenvalue weighted by atomic mass is 32.2. The van der Waals surface area contributed by atoms with Crippen molar-refractivity contribution in [3.8, 4) is 5.75 Å². The molecule has 4 aromatic rings. The van der Waals surface area contributed by atoms with Crippen LogP contribution in [0.1, 0.15) is 0 Å². The molecule has 0 saturated heterocycles. The Morgan fingerprint density at radius 2 is 1.70 bits per heavy atom. The van der Waals surface area contributed by atoms with Gasteiger partial charge in [0.25, 0.3) is 10.1 Å². The molecule has 1 aromatic heterocycles. The summed E-state index contributed by atoms with van der Waals surface area (Å²) in [6, 6.07) is 16.2. The largest absolute Gasteiger partial charge is 0.506 e. The van der Waals surface area contributed by atoms with E-state index >= 15 is 0 Å². The highest BCUT2D eigenvalue weighted by Crippen LogP contribution is 2.37. The van der Waals surface area contributed by atoms with Crippen LogP contribution in [0.3, 0.4) is 0 Å². The number of hydrogen-bond acceptors (Lipinski definition) is 6. The maximum atomic E-state index is 11.3. The topological polar surface area (TPSA) is 112 Å². The standard InChI is InChI=1S/C19H13N3O4S/c23-17-9-6-13-11-14(27(24,25)26)7-8-15(13)19(17)22-21-16-5-1-3-12-4-2-10-20-18(12)16/h1-11,23H,(H,24,25,26). The second kappa shape index (κ2) is 6.42. The lowest BCUT2D eigenvalue weighted by Crippen LogP contribution is -1.97. The van der Waals surface area contributed by atoms with Crippen LogP contribution >= 0.6 is 0 Å². The third kappa shape index (κ3) is 3.23. The van der Waals surface area contributed by atoms with Crippen molar-refractivity contribution in [2.45, 2.75) is 4.90 Å². The normalized spacial score (nSPS) is 12.2. The van der Waals surface area contributed by atoms with Crippen LogP contribution in [-0.2, 0) is 10.1 Å². The van der Waals surface area contributed by atoms with Crippen molar-refractivity contribution < 1.29 is 18.1 Å². The Labute approximate surface area is 154 Å². The third-order valence-corrected chi connectivity index (χ3v) is 4.96. The van der Waals surface area contributed by atoms with Gasteiger partial charge in [-0.1, -0.05) is 30.3 Å². The smallest absolute Gasteiger partial charge is 0.294 e. The zero-order valence-corrected chi connectivity index (χ0v) is 14.6. The molecule has 0 spiro atoms. The van der Waals surface area contributed by atoms with Crippen LogP contribution in [0.25, 0.3) is 21.7 Å². The lowest BCUT2D eigenvalue weighted by molar-refractivity contribution is 0.477. The van der Waals surface area contributed by atoms with Crippen LogP contribution in [0.2, 0.25) is 0 Å². The summed E-state index contributed by atoms with van der Waals surface area (Å²) >= 11 is 0. The molecule has 0 fully saturated rings. The van der Waals surface area contributed by atoms with E-state index in [1.54, 1.807) is 12.3 Å². The molecule has 0 amide bonds. The molecule has 0 bridgehead atoms. The van der Waals surface area contributed by atoms with Crippen LogP contribution in [0.5, 0.6) is 5.75 Å². The summed E-state index contributed by atoms with van der Waals surface area (Å²) in [4.78, 5) is 4.07. The molecule has 3 aromatic carbocycles. The Balaban J connectivity index is 1.86. The lowest BCUT2D eigenvalue weighted by atomic mass is 10.1. The third-order valence-electron chi connectivity index (χ3n) is 4.11. The van der Waals surface area contributed by atoms with Gasteiger partial charge in [-0.25, -0.2) is 0 Å². The summed E-state index contributed by atoms with van der Waals surface area (Å²) in [5.74, 6) is -0.0981. The zero-order chi connectivity index (χ0) is 19.0. The van der Waals surface area contributed by atoms with Gasteiger partial charge in [0, 0.05) is 17.0 Å². The second-order valence-corrected chi connectivity index (χ2v) is 7.27. The van der Waals surface area contributed by atoms with Gasteiger partial charge in [-0.15, -0.1) is 10.2 Å². The molecule has 8 heteroatoms. The molecule has 0 radical (unpaired) electrons. The van der Waals surface area contributed by atoms with Gasteiger partial charge in [0.15, 0.2) is 0 Å². The minimum atomic E-state index is -4.32. The molecule has 0 atom stereocenters. The molecular formula is C19H13N3O4S. The maximum absolute atomic E-state index is 11.3. The summed E-state index contributed by atoms with van der Waals surface area (Å²) in [6.45, 7) is 0.